The molecule has 0 saturated heterocycles. The second-order valence-electron chi connectivity index (χ2n) is 6.44. The highest BCUT2D eigenvalue weighted by molar-refractivity contribution is 7.98. The summed E-state index contributed by atoms with van der Waals surface area (Å²) in [4.78, 5) is 18.0. The second-order valence-corrected chi connectivity index (χ2v) is 8.39. The van der Waals surface area contributed by atoms with Crippen molar-refractivity contribution in [2.24, 2.45) is 0 Å². The van der Waals surface area contributed by atoms with Crippen LogP contribution in [0.15, 0.2) is 64.5 Å². The number of hydrogen-bond acceptors (Lipinski definition) is 8. The summed E-state index contributed by atoms with van der Waals surface area (Å²) in [6.45, 7) is 0. The van der Waals surface area contributed by atoms with Gasteiger partial charge in [-0.2, -0.15) is 0 Å². The first-order valence-corrected chi connectivity index (χ1v) is 10.8. The van der Waals surface area contributed by atoms with Crippen molar-refractivity contribution >= 4 is 38.3 Å². The number of fused-ring (bicyclic) bond motifs is 3. The Bertz CT molecular complexity index is 1440. The van der Waals surface area contributed by atoms with Crippen molar-refractivity contribution in [1.29, 1.82) is 0 Å². The van der Waals surface area contributed by atoms with Crippen molar-refractivity contribution in [3.63, 3.8) is 0 Å². The summed E-state index contributed by atoms with van der Waals surface area (Å²) < 4.78 is 9.47. The van der Waals surface area contributed by atoms with Crippen LogP contribution >= 0.6 is 23.1 Å². The van der Waals surface area contributed by atoms with Crippen molar-refractivity contribution in [3.8, 4) is 17.1 Å². The number of thioether (sulfide) groups is 1. The Morgan fingerprint density at radius 3 is 2.80 bits per heavy atom. The molecule has 0 bridgehead atoms. The molecule has 0 aliphatic rings. The lowest BCUT2D eigenvalue weighted by atomic mass is 10.2. The van der Waals surface area contributed by atoms with Crippen molar-refractivity contribution < 1.29 is 4.74 Å². The lowest BCUT2D eigenvalue weighted by molar-refractivity contribution is 0.416. The van der Waals surface area contributed by atoms with Gasteiger partial charge in [0, 0.05) is 11.8 Å². The van der Waals surface area contributed by atoms with Gasteiger partial charge < -0.3 is 10.6 Å². The van der Waals surface area contributed by atoms with Gasteiger partial charge in [0.2, 0.25) is 5.16 Å². The molecule has 0 spiro atoms. The van der Waals surface area contributed by atoms with E-state index in [-0.39, 0.29) is 5.56 Å². The zero-order valence-electron chi connectivity index (χ0n) is 15.8. The maximum Gasteiger partial charge on any atom is 0.259 e. The Kier molecular flexibility index (Phi) is 4.64. The first-order chi connectivity index (χ1) is 14.7. The van der Waals surface area contributed by atoms with E-state index in [1.54, 1.807) is 17.6 Å². The van der Waals surface area contributed by atoms with Gasteiger partial charge in [-0.3, -0.25) is 9.20 Å². The van der Waals surface area contributed by atoms with Crippen LogP contribution < -0.4 is 16.1 Å². The predicted molar refractivity (Wildman–Crippen MR) is 119 cm³/mol. The van der Waals surface area contributed by atoms with Crippen molar-refractivity contribution in [2.45, 2.75) is 10.9 Å². The summed E-state index contributed by atoms with van der Waals surface area (Å²) in [6, 6.07) is 16.8. The fourth-order valence-electron chi connectivity index (χ4n) is 3.22. The van der Waals surface area contributed by atoms with Gasteiger partial charge in [0.15, 0.2) is 10.8 Å². The minimum atomic E-state index is -0.100. The summed E-state index contributed by atoms with van der Waals surface area (Å²) >= 11 is 2.86. The summed E-state index contributed by atoms with van der Waals surface area (Å²) in [5.74, 6) is 7.84. The molecule has 0 saturated carbocycles. The van der Waals surface area contributed by atoms with Crippen LogP contribution in [0.3, 0.4) is 0 Å². The van der Waals surface area contributed by atoms with E-state index in [2.05, 4.69) is 15.2 Å². The molecule has 30 heavy (non-hydrogen) atoms. The lowest BCUT2D eigenvalue weighted by Gasteiger charge is -2.07. The minimum Gasteiger partial charge on any atom is -0.496 e. The molecule has 3 aromatic heterocycles. The summed E-state index contributed by atoms with van der Waals surface area (Å²) in [5.41, 5.74) is 2.19. The Balaban J connectivity index is 1.44. The van der Waals surface area contributed by atoms with Crippen LogP contribution in [-0.4, -0.2) is 31.4 Å². The van der Waals surface area contributed by atoms with E-state index < -0.39 is 0 Å². The standard InChI is InChI=1S/C20H16N6O2S2/c1-28-15-8-4-2-6-13(15)18-23-24-20(26(18)21)29-11-12-10-17(27)25-14-7-3-5-9-16(14)30-19(25)22-12/h2-10H,11,21H2,1H3. The zero-order valence-corrected chi connectivity index (χ0v) is 17.5. The number of thiazole rings is 1. The third kappa shape index (κ3) is 3.10. The van der Waals surface area contributed by atoms with Gasteiger partial charge >= 0.3 is 0 Å². The van der Waals surface area contributed by atoms with E-state index in [1.807, 2.05) is 48.5 Å². The molecule has 5 rings (SSSR count). The Morgan fingerprint density at radius 2 is 1.93 bits per heavy atom. The molecule has 0 unspecified atom stereocenters. The highest BCUT2D eigenvalue weighted by atomic mass is 32.2. The molecule has 10 heteroatoms. The highest BCUT2D eigenvalue weighted by Crippen LogP contribution is 2.30. The summed E-state index contributed by atoms with van der Waals surface area (Å²) in [5, 5.41) is 8.92. The van der Waals surface area contributed by atoms with Crippen LogP contribution in [-0.2, 0) is 5.75 Å². The van der Waals surface area contributed by atoms with Crippen LogP contribution in [0.4, 0.5) is 0 Å². The van der Waals surface area contributed by atoms with Crippen molar-refractivity contribution in [2.75, 3.05) is 13.0 Å². The molecule has 2 N–H and O–H groups in total. The van der Waals surface area contributed by atoms with Crippen LogP contribution in [0.5, 0.6) is 5.75 Å². The van der Waals surface area contributed by atoms with Crippen LogP contribution in [0.25, 0.3) is 26.6 Å². The average molecular weight is 437 g/mol. The number of aromatic nitrogens is 5. The fraction of sp³-hybridized carbons (Fsp3) is 0.100. The Hall–Kier alpha value is -3.37. The van der Waals surface area contributed by atoms with Gasteiger partial charge in [-0.15, -0.1) is 10.2 Å². The van der Waals surface area contributed by atoms with E-state index >= 15 is 0 Å². The van der Waals surface area contributed by atoms with Gasteiger partial charge in [-0.05, 0) is 24.3 Å². The molecule has 0 aliphatic carbocycles. The number of hydrogen-bond donors (Lipinski definition) is 1. The molecule has 2 aromatic carbocycles. The number of methoxy groups -OCH3 is 1. The second kappa shape index (κ2) is 7.47. The van der Waals surface area contributed by atoms with Gasteiger partial charge in [0.1, 0.15) is 5.75 Å². The monoisotopic (exact) mass is 436 g/mol. The van der Waals surface area contributed by atoms with Crippen LogP contribution in [0.2, 0.25) is 0 Å². The van der Waals surface area contributed by atoms with Crippen molar-refractivity contribution in [3.05, 3.63) is 70.6 Å². The number of nitrogens with zero attached hydrogens (tertiary/aromatic N) is 5. The summed E-state index contributed by atoms with van der Waals surface area (Å²) in [6.07, 6.45) is 0. The zero-order chi connectivity index (χ0) is 20.7. The maximum atomic E-state index is 12.7. The molecule has 8 nitrogen and oxygen atoms in total. The molecule has 0 atom stereocenters. The molecule has 150 valence electrons. The molecule has 0 fully saturated rings. The van der Waals surface area contributed by atoms with E-state index in [0.717, 1.165) is 15.8 Å². The number of nitrogen functional groups attached to an aromatic ring is 1. The quantitative estimate of drug-likeness (QED) is 0.334. The van der Waals surface area contributed by atoms with Crippen LogP contribution in [0.1, 0.15) is 5.69 Å². The molecular formula is C20H16N6O2S2. The molecule has 0 radical (unpaired) electrons. The van der Waals surface area contributed by atoms with E-state index in [9.17, 15) is 4.79 Å². The number of nitrogens with two attached hydrogens (primary N) is 1. The third-order valence-electron chi connectivity index (χ3n) is 4.61. The Labute approximate surface area is 178 Å². The number of ether oxygens (including phenoxy) is 1. The third-order valence-corrected chi connectivity index (χ3v) is 6.61. The van der Waals surface area contributed by atoms with Gasteiger partial charge in [0.05, 0.1) is 28.6 Å². The Morgan fingerprint density at radius 1 is 1.13 bits per heavy atom. The first kappa shape index (κ1) is 18.6. The normalized spacial score (nSPS) is 11.4. The minimum absolute atomic E-state index is 0.100. The molecule has 0 amide bonds. The van der Waals surface area contributed by atoms with Gasteiger partial charge in [-0.25, -0.2) is 9.66 Å². The van der Waals surface area contributed by atoms with E-state index in [4.69, 9.17) is 10.6 Å². The number of para-hydroxylation sites is 2. The van der Waals surface area contributed by atoms with Gasteiger partial charge in [0.25, 0.3) is 5.56 Å². The molecule has 0 aliphatic heterocycles. The molecule has 5 aromatic rings. The van der Waals surface area contributed by atoms with Crippen molar-refractivity contribution in [1.82, 2.24) is 24.3 Å². The smallest absolute Gasteiger partial charge is 0.259 e. The molecule has 3 heterocycles. The first-order valence-electron chi connectivity index (χ1n) is 9.02. The summed E-state index contributed by atoms with van der Waals surface area (Å²) in [7, 11) is 1.60. The van der Waals surface area contributed by atoms with E-state index in [0.29, 0.717) is 33.1 Å². The largest absolute Gasteiger partial charge is 0.496 e. The fourth-order valence-corrected chi connectivity index (χ4v) is 5.02. The average Bonchev–Trinajstić information content (AvgIpc) is 3.32. The maximum absolute atomic E-state index is 12.7. The topological polar surface area (TPSA) is 100 Å². The predicted octanol–water partition coefficient (Wildman–Crippen LogP) is 3.18. The SMILES string of the molecule is COc1ccccc1-c1nnc(SCc2cc(=O)n3c(n2)sc2ccccc23)n1N. The lowest BCUT2D eigenvalue weighted by Crippen LogP contribution is -2.14. The highest BCUT2D eigenvalue weighted by Gasteiger charge is 2.16. The number of rotatable bonds is 5. The number of benzene rings is 2. The molecular weight excluding hydrogens is 420 g/mol. The van der Waals surface area contributed by atoms with Crippen LogP contribution in [0, 0.1) is 0 Å². The van der Waals surface area contributed by atoms with E-state index in [1.165, 1.54) is 27.8 Å². The van der Waals surface area contributed by atoms with Gasteiger partial charge in [-0.1, -0.05) is 47.4 Å².